The first-order chi connectivity index (χ1) is 15.3. The molecule has 0 bridgehead atoms. The maximum atomic E-state index is 13.7. The quantitative estimate of drug-likeness (QED) is 0.532. The van der Waals surface area contributed by atoms with Crippen LogP contribution in [-0.2, 0) is 16.8 Å². The molecule has 7 nitrogen and oxygen atoms in total. The van der Waals surface area contributed by atoms with E-state index in [1.54, 1.807) is 13.1 Å². The summed E-state index contributed by atoms with van der Waals surface area (Å²) in [6.45, 7) is 6.42. The number of nitrogens with zero attached hydrogens (tertiary/aromatic N) is 1. The van der Waals surface area contributed by atoms with Crippen LogP contribution in [0.1, 0.15) is 63.8 Å². The summed E-state index contributed by atoms with van der Waals surface area (Å²) in [5, 5.41) is 8.79. The van der Waals surface area contributed by atoms with Crippen LogP contribution < -0.4 is 16.0 Å². The molecule has 2 aliphatic heterocycles. The minimum absolute atomic E-state index is 0.109. The largest absolute Gasteiger partial charge is 0.439 e. The van der Waals surface area contributed by atoms with Gasteiger partial charge in [0, 0.05) is 31.6 Å². The molecular formula is C22H31ClF2N4O3. The summed E-state index contributed by atoms with van der Waals surface area (Å²) < 4.78 is 38.2. The third-order valence-electron chi connectivity index (χ3n) is 5.74. The number of ether oxygens (including phenoxy) is 1. The highest BCUT2D eigenvalue weighted by molar-refractivity contribution is 6.35. The SMILES string of the molecule is C1CCOC1.CC.CNCc1nc2cc(Cl)c3c(c2o1)C1(CCC(F)(F)CC1)NC(=O)N3. The van der Waals surface area contributed by atoms with Crippen LogP contribution in [0.15, 0.2) is 10.5 Å². The molecule has 2 amide bonds. The van der Waals surface area contributed by atoms with Crippen LogP contribution in [0, 0.1) is 0 Å². The number of nitrogens with one attached hydrogen (secondary N) is 3. The van der Waals surface area contributed by atoms with Crippen molar-refractivity contribution in [1.82, 2.24) is 15.6 Å². The summed E-state index contributed by atoms with van der Waals surface area (Å²) in [5.74, 6) is -2.26. The van der Waals surface area contributed by atoms with Gasteiger partial charge < -0.3 is 25.1 Å². The summed E-state index contributed by atoms with van der Waals surface area (Å²) in [5.41, 5.74) is 1.11. The molecule has 1 saturated heterocycles. The molecule has 0 radical (unpaired) electrons. The highest BCUT2D eigenvalue weighted by atomic mass is 35.5. The van der Waals surface area contributed by atoms with Gasteiger partial charge in [-0.3, -0.25) is 0 Å². The van der Waals surface area contributed by atoms with Crippen LogP contribution in [-0.4, -0.2) is 37.2 Å². The Hall–Kier alpha value is -1.97. The fraction of sp³-hybridized carbons (Fsp3) is 0.636. The first-order valence-electron chi connectivity index (χ1n) is 11.2. The Balaban J connectivity index is 0.000000359. The number of halogens is 3. The predicted molar refractivity (Wildman–Crippen MR) is 120 cm³/mol. The lowest BCUT2D eigenvalue weighted by atomic mass is 9.73. The summed E-state index contributed by atoms with van der Waals surface area (Å²) in [4.78, 5) is 16.5. The standard InChI is InChI=1S/C16H17ClF2N4O2.C4H8O.C2H6/c1-20-7-10-21-9-6-8(17)12-11(13(9)25-10)15(23-14(24)22-12)2-4-16(18,19)5-3-15;1-2-4-5-3-1;1-2/h6,20H,2-5,7H2,1H3,(H2,22,23,24);1-4H2;1-2H3. The van der Waals surface area contributed by atoms with E-state index in [4.69, 9.17) is 20.8 Å². The van der Waals surface area contributed by atoms with Crippen molar-refractivity contribution in [2.75, 3.05) is 25.6 Å². The Labute approximate surface area is 191 Å². The van der Waals surface area contributed by atoms with Crippen LogP contribution in [0.3, 0.4) is 0 Å². The molecule has 1 saturated carbocycles. The number of anilines is 1. The van der Waals surface area contributed by atoms with Crippen LogP contribution in [0.4, 0.5) is 19.3 Å². The molecule has 1 aromatic heterocycles. The van der Waals surface area contributed by atoms with Crippen molar-refractivity contribution in [1.29, 1.82) is 0 Å². The molecule has 0 atom stereocenters. The number of benzene rings is 1. The zero-order valence-corrected chi connectivity index (χ0v) is 19.5. The number of carbonyl (C=O) groups is 1. The molecule has 1 aromatic carbocycles. The smallest absolute Gasteiger partial charge is 0.319 e. The van der Waals surface area contributed by atoms with Crippen molar-refractivity contribution < 1.29 is 22.7 Å². The number of hydrogen-bond donors (Lipinski definition) is 3. The summed E-state index contributed by atoms with van der Waals surface area (Å²) in [7, 11) is 1.77. The zero-order chi connectivity index (χ0) is 23.4. The Bertz CT molecular complexity index is 929. The van der Waals surface area contributed by atoms with Gasteiger partial charge in [0.05, 0.1) is 22.8 Å². The fourth-order valence-corrected chi connectivity index (χ4v) is 4.48. The molecular weight excluding hydrogens is 442 g/mol. The minimum Gasteiger partial charge on any atom is -0.439 e. The van der Waals surface area contributed by atoms with Crippen molar-refractivity contribution in [2.24, 2.45) is 0 Å². The molecule has 10 heteroatoms. The lowest BCUT2D eigenvalue weighted by Gasteiger charge is -2.44. The van der Waals surface area contributed by atoms with Gasteiger partial charge in [-0.15, -0.1) is 0 Å². The van der Waals surface area contributed by atoms with Crippen LogP contribution >= 0.6 is 11.6 Å². The number of alkyl halides is 2. The maximum absolute atomic E-state index is 13.7. The molecule has 3 aliphatic rings. The first kappa shape index (κ1) is 24.7. The average molecular weight is 473 g/mol. The molecule has 0 unspecified atom stereocenters. The molecule has 3 heterocycles. The van der Waals surface area contributed by atoms with Crippen molar-refractivity contribution in [3.05, 3.63) is 22.5 Å². The third-order valence-corrected chi connectivity index (χ3v) is 6.04. The van der Waals surface area contributed by atoms with E-state index in [9.17, 15) is 13.6 Å². The van der Waals surface area contributed by atoms with E-state index in [1.165, 1.54) is 12.8 Å². The molecule has 2 fully saturated rings. The highest BCUT2D eigenvalue weighted by Gasteiger charge is 2.50. The number of amides is 2. The van der Waals surface area contributed by atoms with Gasteiger partial charge in [-0.25, -0.2) is 18.6 Å². The Morgan fingerprint density at radius 2 is 1.84 bits per heavy atom. The normalized spacial score (nSPS) is 20.4. The monoisotopic (exact) mass is 472 g/mol. The van der Waals surface area contributed by atoms with E-state index < -0.39 is 17.5 Å². The van der Waals surface area contributed by atoms with Crippen molar-refractivity contribution >= 4 is 34.4 Å². The van der Waals surface area contributed by atoms with Gasteiger partial charge in [0.25, 0.3) is 0 Å². The van der Waals surface area contributed by atoms with Gasteiger partial charge in [0.2, 0.25) is 11.8 Å². The number of rotatable bonds is 2. The summed E-state index contributed by atoms with van der Waals surface area (Å²) in [6.07, 6.45) is 2.16. The van der Waals surface area contributed by atoms with Crippen LogP contribution in [0.2, 0.25) is 5.02 Å². The fourth-order valence-electron chi connectivity index (χ4n) is 4.24. The van der Waals surface area contributed by atoms with Crippen molar-refractivity contribution in [3.8, 4) is 0 Å². The lowest BCUT2D eigenvalue weighted by Crippen LogP contribution is -2.54. The zero-order valence-electron chi connectivity index (χ0n) is 18.7. The van der Waals surface area contributed by atoms with Crippen LogP contribution in [0.25, 0.3) is 11.1 Å². The predicted octanol–water partition coefficient (Wildman–Crippen LogP) is 5.56. The van der Waals surface area contributed by atoms with Gasteiger partial charge in [-0.2, -0.15) is 0 Å². The third kappa shape index (κ3) is 5.15. The minimum atomic E-state index is -2.72. The maximum Gasteiger partial charge on any atom is 0.319 e. The van der Waals surface area contributed by atoms with Crippen LogP contribution in [0.5, 0.6) is 0 Å². The number of oxazole rings is 1. The van der Waals surface area contributed by atoms with Gasteiger partial charge in [-0.05, 0) is 38.8 Å². The van der Waals surface area contributed by atoms with E-state index in [1.807, 2.05) is 13.8 Å². The number of aromatic nitrogens is 1. The number of fused-ring (bicyclic) bond motifs is 4. The van der Waals surface area contributed by atoms with E-state index in [0.717, 1.165) is 13.2 Å². The second-order valence-corrected chi connectivity index (χ2v) is 8.34. The first-order valence-corrected chi connectivity index (χ1v) is 11.5. The molecule has 5 rings (SSSR count). The lowest BCUT2D eigenvalue weighted by molar-refractivity contribution is -0.0552. The second-order valence-electron chi connectivity index (χ2n) is 7.93. The number of hydrogen-bond acceptors (Lipinski definition) is 5. The molecule has 2 aromatic rings. The summed E-state index contributed by atoms with van der Waals surface area (Å²) in [6, 6.07) is 1.17. The molecule has 1 aliphatic carbocycles. The molecule has 32 heavy (non-hydrogen) atoms. The Kier molecular flexibility index (Phi) is 7.95. The highest BCUT2D eigenvalue weighted by Crippen LogP contribution is 2.51. The topological polar surface area (TPSA) is 88.4 Å². The Morgan fingerprint density at radius 3 is 2.41 bits per heavy atom. The van der Waals surface area contributed by atoms with Crippen molar-refractivity contribution in [3.63, 3.8) is 0 Å². The average Bonchev–Trinajstić information content (AvgIpc) is 3.46. The Morgan fingerprint density at radius 1 is 1.19 bits per heavy atom. The van der Waals surface area contributed by atoms with Crippen molar-refractivity contribution in [2.45, 2.75) is 70.4 Å². The van der Waals surface area contributed by atoms with E-state index in [2.05, 4.69) is 20.9 Å². The number of urea groups is 1. The van der Waals surface area contributed by atoms with Gasteiger partial charge in [-0.1, -0.05) is 25.4 Å². The van der Waals surface area contributed by atoms with Gasteiger partial charge >= 0.3 is 6.03 Å². The number of carbonyl (C=O) groups excluding carboxylic acids is 1. The van der Waals surface area contributed by atoms with Gasteiger partial charge in [0.1, 0.15) is 5.52 Å². The molecule has 3 N–H and O–H groups in total. The molecule has 178 valence electrons. The van der Waals surface area contributed by atoms with E-state index in [0.29, 0.717) is 39.8 Å². The van der Waals surface area contributed by atoms with E-state index in [-0.39, 0.29) is 25.7 Å². The van der Waals surface area contributed by atoms with E-state index >= 15 is 0 Å². The molecule has 1 spiro atoms. The van der Waals surface area contributed by atoms with Gasteiger partial charge in [0.15, 0.2) is 5.58 Å². The summed E-state index contributed by atoms with van der Waals surface area (Å²) >= 11 is 6.34. The second kappa shape index (κ2) is 10.3.